The minimum absolute atomic E-state index is 0.0914. The van der Waals surface area contributed by atoms with Gasteiger partial charge >= 0.3 is 12.1 Å². The monoisotopic (exact) mass is 458 g/mol. The van der Waals surface area contributed by atoms with Gasteiger partial charge in [-0.3, -0.25) is 9.59 Å². The Balaban J connectivity index is 1.50. The molecule has 0 unspecified atom stereocenters. The molecule has 0 saturated carbocycles. The highest BCUT2D eigenvalue weighted by Crippen LogP contribution is 2.45. The first-order valence-corrected chi connectivity index (χ1v) is 10.3. The Hall–Kier alpha value is -3.62. The number of nitrogens with one attached hydrogen (secondary N) is 1. The van der Waals surface area contributed by atoms with Crippen molar-refractivity contribution in [1.29, 1.82) is 0 Å². The van der Waals surface area contributed by atoms with E-state index in [1.807, 2.05) is 0 Å². The van der Waals surface area contributed by atoms with Crippen molar-refractivity contribution in [2.45, 2.75) is 24.4 Å². The lowest BCUT2D eigenvalue weighted by atomic mass is 9.73. The number of alkyl halides is 3. The topological polar surface area (TPSA) is 75.7 Å². The number of likely N-dealkylation sites (tertiary alicyclic amines) is 1. The predicted molar refractivity (Wildman–Crippen MR) is 114 cm³/mol. The molecule has 2 aromatic rings. The molecule has 33 heavy (non-hydrogen) atoms. The number of fused-ring (bicyclic) bond motifs is 2. The number of esters is 1. The van der Waals surface area contributed by atoms with Crippen molar-refractivity contribution in [3.05, 3.63) is 70.8 Å². The molecule has 0 aromatic heterocycles. The Morgan fingerprint density at radius 2 is 1.82 bits per heavy atom. The molecule has 6 nitrogen and oxygen atoms in total. The lowest BCUT2D eigenvalue weighted by molar-refractivity contribution is -0.137. The number of rotatable bonds is 3. The van der Waals surface area contributed by atoms with Crippen LogP contribution in [-0.4, -0.2) is 42.9 Å². The highest BCUT2D eigenvalue weighted by Gasteiger charge is 2.49. The lowest BCUT2D eigenvalue weighted by Gasteiger charge is -2.37. The van der Waals surface area contributed by atoms with Gasteiger partial charge in [0.25, 0.3) is 0 Å². The van der Waals surface area contributed by atoms with Crippen molar-refractivity contribution in [3.63, 3.8) is 0 Å². The molecule has 1 fully saturated rings. The van der Waals surface area contributed by atoms with E-state index in [0.717, 1.165) is 18.2 Å². The van der Waals surface area contributed by atoms with Crippen LogP contribution in [0.4, 0.5) is 18.9 Å². The maximum atomic E-state index is 13.2. The molecule has 172 valence electrons. The minimum Gasteiger partial charge on any atom is -0.465 e. The molecule has 0 atom stereocenters. The van der Waals surface area contributed by atoms with Crippen molar-refractivity contribution in [3.8, 4) is 0 Å². The Morgan fingerprint density at radius 1 is 1.12 bits per heavy atom. The zero-order chi connectivity index (χ0) is 23.8. The normalized spacial score (nSPS) is 17.2. The first-order chi connectivity index (χ1) is 15.7. The van der Waals surface area contributed by atoms with Crippen LogP contribution < -0.4 is 5.32 Å². The number of benzene rings is 2. The van der Waals surface area contributed by atoms with E-state index in [1.54, 1.807) is 18.2 Å². The van der Waals surface area contributed by atoms with E-state index in [9.17, 15) is 27.6 Å². The average molecular weight is 458 g/mol. The molecule has 2 aliphatic rings. The minimum atomic E-state index is -4.52. The van der Waals surface area contributed by atoms with Gasteiger partial charge < -0.3 is 15.0 Å². The van der Waals surface area contributed by atoms with Crippen LogP contribution in [0, 0.1) is 0 Å². The Labute approximate surface area is 188 Å². The molecule has 2 aliphatic heterocycles. The highest BCUT2D eigenvalue weighted by molar-refractivity contribution is 6.07. The number of anilines is 1. The summed E-state index contributed by atoms with van der Waals surface area (Å²) in [5, 5.41) is 2.84. The Bertz CT molecular complexity index is 1150. The third-order valence-corrected chi connectivity index (χ3v) is 6.24. The zero-order valence-corrected chi connectivity index (χ0v) is 17.7. The Kier molecular flexibility index (Phi) is 5.73. The summed E-state index contributed by atoms with van der Waals surface area (Å²) in [6, 6.07) is 9.91. The lowest BCUT2D eigenvalue weighted by Crippen LogP contribution is -2.48. The first kappa shape index (κ1) is 22.6. The van der Waals surface area contributed by atoms with Crippen LogP contribution in [-0.2, 0) is 25.9 Å². The van der Waals surface area contributed by atoms with Crippen molar-refractivity contribution in [1.82, 2.24) is 4.90 Å². The molecule has 1 N–H and O–H groups in total. The average Bonchev–Trinajstić information content (AvgIpc) is 3.07. The molecule has 1 saturated heterocycles. The number of halogens is 3. The van der Waals surface area contributed by atoms with Gasteiger partial charge in [-0.2, -0.15) is 13.2 Å². The fraction of sp³-hybridized carbons (Fsp3) is 0.292. The molecule has 2 aromatic carbocycles. The van der Waals surface area contributed by atoms with Gasteiger partial charge in [0.15, 0.2) is 0 Å². The summed E-state index contributed by atoms with van der Waals surface area (Å²) in [4.78, 5) is 38.9. The molecular weight excluding hydrogens is 437 g/mol. The van der Waals surface area contributed by atoms with Crippen molar-refractivity contribution < 1.29 is 32.3 Å². The van der Waals surface area contributed by atoms with Crippen LogP contribution in [0.15, 0.2) is 48.5 Å². The molecule has 0 aliphatic carbocycles. The highest BCUT2D eigenvalue weighted by atomic mass is 19.4. The van der Waals surface area contributed by atoms with Crippen LogP contribution in [0.5, 0.6) is 0 Å². The number of ether oxygens (including phenoxy) is 1. The maximum absolute atomic E-state index is 13.2. The summed E-state index contributed by atoms with van der Waals surface area (Å²) < 4.78 is 44.2. The summed E-state index contributed by atoms with van der Waals surface area (Å²) in [5.74, 6) is -1.13. The van der Waals surface area contributed by atoms with Crippen LogP contribution in [0.2, 0.25) is 0 Å². The smallest absolute Gasteiger partial charge is 0.416 e. The second-order valence-electron chi connectivity index (χ2n) is 8.03. The summed E-state index contributed by atoms with van der Waals surface area (Å²) in [5.41, 5.74) is -0.133. The Morgan fingerprint density at radius 3 is 2.48 bits per heavy atom. The SMILES string of the molecule is COC(=O)c1ccc2c(c1)C1(CCN(C(=O)/C=C/c3ccccc3C(F)(F)F)CC1)C(=O)N2. The predicted octanol–water partition coefficient (Wildman–Crippen LogP) is 4.02. The van der Waals surface area contributed by atoms with Gasteiger partial charge in [0.1, 0.15) is 0 Å². The quantitative estimate of drug-likeness (QED) is 0.557. The van der Waals surface area contributed by atoms with E-state index in [2.05, 4.69) is 5.32 Å². The molecule has 4 rings (SSSR count). The molecule has 2 amide bonds. The van der Waals surface area contributed by atoms with E-state index in [-0.39, 0.29) is 24.6 Å². The van der Waals surface area contributed by atoms with Crippen LogP contribution in [0.25, 0.3) is 6.08 Å². The summed E-state index contributed by atoms with van der Waals surface area (Å²) >= 11 is 0. The second kappa shape index (κ2) is 8.38. The molecule has 9 heteroatoms. The second-order valence-corrected chi connectivity index (χ2v) is 8.03. The summed E-state index contributed by atoms with van der Waals surface area (Å²) in [6.45, 7) is 0.499. The third-order valence-electron chi connectivity index (χ3n) is 6.24. The number of methoxy groups -OCH3 is 1. The fourth-order valence-electron chi connectivity index (χ4n) is 4.43. The number of hydrogen-bond acceptors (Lipinski definition) is 4. The number of nitrogens with zero attached hydrogens (tertiary/aromatic N) is 1. The van der Waals surface area contributed by atoms with Gasteiger partial charge in [0.2, 0.25) is 11.8 Å². The van der Waals surface area contributed by atoms with Gasteiger partial charge in [-0.25, -0.2) is 4.79 Å². The van der Waals surface area contributed by atoms with Gasteiger partial charge in [-0.05, 0) is 54.3 Å². The maximum Gasteiger partial charge on any atom is 0.416 e. The van der Waals surface area contributed by atoms with E-state index in [0.29, 0.717) is 29.7 Å². The fourth-order valence-corrected chi connectivity index (χ4v) is 4.43. The zero-order valence-electron chi connectivity index (χ0n) is 17.7. The van der Waals surface area contributed by atoms with Crippen LogP contribution >= 0.6 is 0 Å². The number of carbonyl (C=O) groups excluding carboxylic acids is 3. The van der Waals surface area contributed by atoms with Crippen molar-refractivity contribution in [2.24, 2.45) is 0 Å². The standard InChI is InChI=1S/C24H21F3N2O4/c1-33-21(31)16-6-8-19-18(14-16)23(22(32)28-19)10-12-29(13-11-23)20(30)9-7-15-4-2-3-5-17(15)24(25,26)27/h2-9,14H,10-13H2,1H3,(H,28,32)/b9-7+. The number of carbonyl (C=O) groups is 3. The first-order valence-electron chi connectivity index (χ1n) is 10.3. The van der Waals surface area contributed by atoms with Gasteiger partial charge in [0.05, 0.1) is 23.7 Å². The summed E-state index contributed by atoms with van der Waals surface area (Å²) in [7, 11) is 1.28. The largest absolute Gasteiger partial charge is 0.465 e. The number of hydrogen-bond donors (Lipinski definition) is 1. The third kappa shape index (κ3) is 4.10. The molecule has 2 heterocycles. The molecule has 1 spiro atoms. The van der Waals surface area contributed by atoms with E-state index >= 15 is 0 Å². The number of piperidine rings is 1. The summed E-state index contributed by atoms with van der Waals surface area (Å²) in [6.07, 6.45) is -1.57. The molecule has 0 radical (unpaired) electrons. The van der Waals surface area contributed by atoms with E-state index in [1.165, 1.54) is 30.2 Å². The molecular formula is C24H21F3N2O4. The van der Waals surface area contributed by atoms with Crippen molar-refractivity contribution >= 4 is 29.5 Å². The molecule has 0 bridgehead atoms. The van der Waals surface area contributed by atoms with E-state index < -0.39 is 29.0 Å². The van der Waals surface area contributed by atoms with Gasteiger partial charge in [0, 0.05) is 24.9 Å². The van der Waals surface area contributed by atoms with E-state index in [4.69, 9.17) is 4.74 Å². The van der Waals surface area contributed by atoms with Gasteiger partial charge in [-0.1, -0.05) is 18.2 Å². The van der Waals surface area contributed by atoms with Crippen LogP contribution in [0.3, 0.4) is 0 Å². The number of amides is 2. The van der Waals surface area contributed by atoms with Crippen molar-refractivity contribution in [2.75, 3.05) is 25.5 Å². The van der Waals surface area contributed by atoms with Crippen LogP contribution in [0.1, 0.15) is 39.9 Å². The van der Waals surface area contributed by atoms with Gasteiger partial charge in [-0.15, -0.1) is 0 Å².